The molecule has 1 unspecified atom stereocenters. The number of hydrogen-bond donors (Lipinski definition) is 0. The first-order valence-corrected chi connectivity index (χ1v) is 9.94. The Morgan fingerprint density at radius 1 is 1.18 bits per heavy atom. The summed E-state index contributed by atoms with van der Waals surface area (Å²) >= 11 is 0. The highest BCUT2D eigenvalue weighted by atomic mass is 16.2. The molecule has 1 atom stereocenters. The Morgan fingerprint density at radius 2 is 2.11 bits per heavy atom. The molecule has 1 aromatic carbocycles. The Morgan fingerprint density at radius 3 is 3.00 bits per heavy atom. The fourth-order valence-corrected chi connectivity index (χ4v) is 4.46. The highest BCUT2D eigenvalue weighted by molar-refractivity contribution is 5.78. The number of likely N-dealkylation sites (tertiary alicyclic amines) is 1. The van der Waals surface area contributed by atoms with Gasteiger partial charge in [0.25, 0.3) is 0 Å². The van der Waals surface area contributed by atoms with Crippen LogP contribution in [0, 0.1) is 0 Å². The predicted molar refractivity (Wildman–Crippen MR) is 105 cm³/mol. The molecule has 3 aromatic rings. The molecular formula is C21H24N6O. The number of rotatable bonds is 3. The van der Waals surface area contributed by atoms with Crippen LogP contribution in [-0.4, -0.2) is 48.5 Å². The van der Waals surface area contributed by atoms with Gasteiger partial charge in [-0.1, -0.05) is 12.1 Å². The van der Waals surface area contributed by atoms with Gasteiger partial charge in [-0.15, -0.1) is 10.2 Å². The third kappa shape index (κ3) is 3.05. The van der Waals surface area contributed by atoms with E-state index in [-0.39, 0.29) is 11.9 Å². The van der Waals surface area contributed by atoms with Crippen molar-refractivity contribution in [3.63, 3.8) is 0 Å². The molecule has 1 saturated heterocycles. The molecule has 1 fully saturated rings. The van der Waals surface area contributed by atoms with Crippen molar-refractivity contribution < 1.29 is 4.79 Å². The average molecular weight is 376 g/mol. The van der Waals surface area contributed by atoms with Crippen molar-refractivity contribution in [2.24, 2.45) is 0 Å². The molecule has 2 aromatic heterocycles. The van der Waals surface area contributed by atoms with Crippen molar-refractivity contribution in [3.8, 4) is 0 Å². The zero-order valence-electron chi connectivity index (χ0n) is 16.1. The minimum absolute atomic E-state index is 0.101. The van der Waals surface area contributed by atoms with Gasteiger partial charge in [-0.25, -0.2) is 0 Å². The van der Waals surface area contributed by atoms with Crippen molar-refractivity contribution >= 4 is 16.8 Å². The van der Waals surface area contributed by atoms with Gasteiger partial charge in [-0.3, -0.25) is 14.7 Å². The van der Waals surface area contributed by atoms with Crippen LogP contribution in [0.4, 0.5) is 0 Å². The molecule has 0 bridgehead atoms. The van der Waals surface area contributed by atoms with Gasteiger partial charge in [0.1, 0.15) is 0 Å². The number of aromatic nitrogens is 4. The molecule has 0 saturated carbocycles. The van der Waals surface area contributed by atoms with Crippen LogP contribution >= 0.6 is 0 Å². The van der Waals surface area contributed by atoms with Crippen LogP contribution in [-0.2, 0) is 24.4 Å². The van der Waals surface area contributed by atoms with E-state index < -0.39 is 0 Å². The Kier molecular flexibility index (Phi) is 4.31. The first-order chi connectivity index (χ1) is 13.7. The average Bonchev–Trinajstić information content (AvgIpc) is 3.33. The largest absolute Gasteiger partial charge is 0.334 e. The van der Waals surface area contributed by atoms with E-state index in [4.69, 9.17) is 0 Å². The van der Waals surface area contributed by atoms with Gasteiger partial charge in [0.15, 0.2) is 11.6 Å². The molecule has 0 N–H and O–H groups in total. The van der Waals surface area contributed by atoms with Gasteiger partial charge < -0.3 is 9.47 Å². The lowest BCUT2D eigenvalue weighted by Gasteiger charge is -2.29. The Labute approximate surface area is 164 Å². The van der Waals surface area contributed by atoms with Gasteiger partial charge >= 0.3 is 0 Å². The lowest BCUT2D eigenvalue weighted by atomic mass is 10.1. The summed E-state index contributed by atoms with van der Waals surface area (Å²) in [5, 5.41) is 10.1. The quantitative estimate of drug-likeness (QED) is 0.703. The number of amides is 1. The lowest BCUT2D eigenvalue weighted by molar-refractivity contribution is -0.130. The lowest BCUT2D eigenvalue weighted by Crippen LogP contribution is -2.38. The minimum atomic E-state index is 0.101. The van der Waals surface area contributed by atoms with Gasteiger partial charge in [0.05, 0.1) is 18.1 Å². The summed E-state index contributed by atoms with van der Waals surface area (Å²) in [7, 11) is 0. The summed E-state index contributed by atoms with van der Waals surface area (Å²) in [6, 6.07) is 10.9. The van der Waals surface area contributed by atoms with Gasteiger partial charge in [-0.2, -0.15) is 0 Å². The second kappa shape index (κ2) is 6.98. The van der Waals surface area contributed by atoms with Gasteiger partial charge in [-0.05, 0) is 43.1 Å². The van der Waals surface area contributed by atoms with E-state index in [2.05, 4.69) is 48.9 Å². The molecule has 4 heterocycles. The minimum Gasteiger partial charge on any atom is -0.334 e. The van der Waals surface area contributed by atoms with E-state index in [1.54, 1.807) is 6.92 Å². The maximum atomic E-state index is 11.7. The fourth-order valence-electron chi connectivity index (χ4n) is 4.46. The topological polar surface area (TPSA) is 67.2 Å². The fraction of sp³-hybridized carbons (Fsp3) is 0.429. The van der Waals surface area contributed by atoms with Crippen LogP contribution in [0.5, 0.6) is 0 Å². The number of nitrogens with zero attached hydrogens (tertiary/aromatic N) is 6. The van der Waals surface area contributed by atoms with Crippen LogP contribution in [0.1, 0.15) is 43.0 Å². The van der Waals surface area contributed by atoms with Crippen LogP contribution in [0.15, 0.2) is 36.5 Å². The van der Waals surface area contributed by atoms with Crippen molar-refractivity contribution in [1.82, 2.24) is 29.5 Å². The molecule has 0 spiro atoms. The summed E-state index contributed by atoms with van der Waals surface area (Å²) in [6.07, 6.45) is 4.10. The van der Waals surface area contributed by atoms with Crippen LogP contribution in [0.3, 0.4) is 0 Å². The number of carbonyl (C=O) groups is 1. The number of carbonyl (C=O) groups excluding carboxylic acids is 1. The predicted octanol–water partition coefficient (Wildman–Crippen LogP) is 2.53. The van der Waals surface area contributed by atoms with E-state index in [1.165, 1.54) is 17.4 Å². The van der Waals surface area contributed by atoms with Crippen LogP contribution < -0.4 is 0 Å². The monoisotopic (exact) mass is 376 g/mol. The molecule has 7 heteroatoms. The van der Waals surface area contributed by atoms with E-state index in [0.717, 1.165) is 49.8 Å². The number of hydrogen-bond acceptors (Lipinski definition) is 5. The molecule has 0 radical (unpaired) electrons. The summed E-state index contributed by atoms with van der Waals surface area (Å²) < 4.78 is 2.23. The number of fused-ring (bicyclic) bond motifs is 2. The van der Waals surface area contributed by atoms with Crippen molar-refractivity contribution in [3.05, 3.63) is 53.7 Å². The summed E-state index contributed by atoms with van der Waals surface area (Å²) in [4.78, 5) is 20.4. The van der Waals surface area contributed by atoms with Crippen molar-refractivity contribution in [2.45, 2.75) is 45.4 Å². The third-order valence-corrected chi connectivity index (χ3v) is 5.94. The van der Waals surface area contributed by atoms with Crippen LogP contribution in [0.2, 0.25) is 0 Å². The van der Waals surface area contributed by atoms with E-state index in [0.29, 0.717) is 6.54 Å². The maximum Gasteiger partial charge on any atom is 0.219 e. The SMILES string of the molecule is CC(=O)N1CCn2c(nnc2C2CCCN2Cc2ccc3ncccc3c2)C1. The summed E-state index contributed by atoms with van der Waals surface area (Å²) in [5.41, 5.74) is 2.33. The van der Waals surface area contributed by atoms with Crippen molar-refractivity contribution in [1.29, 1.82) is 0 Å². The molecule has 7 nitrogen and oxygen atoms in total. The van der Waals surface area contributed by atoms with Crippen LogP contribution in [0.25, 0.3) is 10.9 Å². The molecule has 5 rings (SSSR count). The molecule has 2 aliphatic heterocycles. The smallest absolute Gasteiger partial charge is 0.219 e. The standard InChI is InChI=1S/C21H24N6O/c1-15(28)25-10-11-27-20(14-25)23-24-21(27)19-5-3-9-26(19)13-16-6-7-18-17(12-16)4-2-8-22-18/h2,4,6-8,12,19H,3,5,9-11,13-14H2,1H3. The highest BCUT2D eigenvalue weighted by Gasteiger charge is 2.32. The van der Waals surface area contributed by atoms with Crippen molar-refractivity contribution in [2.75, 3.05) is 13.1 Å². The number of pyridine rings is 1. The maximum absolute atomic E-state index is 11.7. The molecule has 144 valence electrons. The first-order valence-electron chi connectivity index (χ1n) is 9.94. The summed E-state index contributed by atoms with van der Waals surface area (Å²) in [5.74, 6) is 2.06. The second-order valence-electron chi connectivity index (χ2n) is 7.73. The molecule has 0 aliphatic carbocycles. The normalized spacial score (nSPS) is 19.9. The molecular weight excluding hydrogens is 352 g/mol. The zero-order chi connectivity index (χ0) is 19.1. The zero-order valence-corrected chi connectivity index (χ0v) is 16.1. The van der Waals surface area contributed by atoms with E-state index >= 15 is 0 Å². The van der Waals surface area contributed by atoms with E-state index in [9.17, 15) is 4.79 Å². The Balaban J connectivity index is 1.38. The second-order valence-corrected chi connectivity index (χ2v) is 7.73. The summed E-state index contributed by atoms with van der Waals surface area (Å²) in [6.45, 7) is 5.66. The Bertz CT molecular complexity index is 1030. The third-order valence-electron chi connectivity index (χ3n) is 5.94. The Hall–Kier alpha value is -2.80. The first kappa shape index (κ1) is 17.3. The van der Waals surface area contributed by atoms with Gasteiger partial charge in [0, 0.05) is 38.1 Å². The molecule has 1 amide bonds. The molecule has 28 heavy (non-hydrogen) atoms. The molecule has 2 aliphatic rings. The highest BCUT2D eigenvalue weighted by Crippen LogP contribution is 2.33. The number of benzene rings is 1. The van der Waals surface area contributed by atoms with E-state index in [1.807, 2.05) is 17.2 Å². The van der Waals surface area contributed by atoms with Gasteiger partial charge in [0.2, 0.25) is 5.91 Å².